The molecule has 1 atom stereocenters. The van der Waals surface area contributed by atoms with Gasteiger partial charge in [0.15, 0.2) is 0 Å². The van der Waals surface area contributed by atoms with Crippen molar-refractivity contribution in [2.24, 2.45) is 11.7 Å². The fourth-order valence-electron chi connectivity index (χ4n) is 1.05. The third-order valence-electron chi connectivity index (χ3n) is 1.80. The fourth-order valence-corrected chi connectivity index (χ4v) is 2.15. The van der Waals surface area contributed by atoms with Crippen LogP contribution in [0.3, 0.4) is 0 Å². The highest BCUT2D eigenvalue weighted by molar-refractivity contribution is 8.04. The molecule has 0 saturated heterocycles. The van der Waals surface area contributed by atoms with Crippen LogP contribution in [0.5, 0.6) is 0 Å². The Morgan fingerprint density at radius 2 is 2.45 bits per heavy atom. The van der Waals surface area contributed by atoms with Gasteiger partial charge in [0, 0.05) is 5.25 Å². The Morgan fingerprint density at radius 1 is 1.82 bits per heavy atom. The SMILES string of the molecule is CC(C)C1CC=C(C(N)=O)S1. The molecule has 0 aliphatic carbocycles. The normalized spacial score (nSPS) is 23.9. The van der Waals surface area contributed by atoms with Crippen LogP contribution in [0.25, 0.3) is 0 Å². The van der Waals surface area contributed by atoms with E-state index in [1.165, 1.54) is 0 Å². The number of nitrogens with two attached hydrogens (primary N) is 1. The third kappa shape index (κ3) is 1.99. The van der Waals surface area contributed by atoms with Crippen molar-refractivity contribution in [1.29, 1.82) is 0 Å². The van der Waals surface area contributed by atoms with Crippen LogP contribution in [0.4, 0.5) is 0 Å². The minimum absolute atomic E-state index is 0.279. The van der Waals surface area contributed by atoms with Gasteiger partial charge in [0.05, 0.1) is 4.91 Å². The van der Waals surface area contributed by atoms with Crippen molar-refractivity contribution in [2.45, 2.75) is 25.5 Å². The van der Waals surface area contributed by atoms with Gasteiger partial charge in [0.25, 0.3) is 5.91 Å². The molecule has 0 aromatic rings. The molecule has 2 nitrogen and oxygen atoms in total. The van der Waals surface area contributed by atoms with Crippen molar-refractivity contribution >= 4 is 17.7 Å². The summed E-state index contributed by atoms with van der Waals surface area (Å²) in [7, 11) is 0. The monoisotopic (exact) mass is 171 g/mol. The first-order valence-electron chi connectivity index (χ1n) is 3.78. The average Bonchev–Trinajstić information content (AvgIpc) is 2.33. The molecule has 1 amide bonds. The van der Waals surface area contributed by atoms with Gasteiger partial charge in [-0.2, -0.15) is 0 Å². The topological polar surface area (TPSA) is 43.1 Å². The average molecular weight is 171 g/mol. The van der Waals surface area contributed by atoms with E-state index in [0.29, 0.717) is 11.2 Å². The number of amides is 1. The van der Waals surface area contributed by atoms with Gasteiger partial charge in [-0.1, -0.05) is 19.9 Å². The van der Waals surface area contributed by atoms with Gasteiger partial charge in [0.1, 0.15) is 0 Å². The van der Waals surface area contributed by atoms with Gasteiger partial charge in [0.2, 0.25) is 0 Å². The summed E-state index contributed by atoms with van der Waals surface area (Å²) in [5.41, 5.74) is 5.13. The minimum atomic E-state index is -0.279. The lowest BCUT2D eigenvalue weighted by Crippen LogP contribution is -2.12. The lowest BCUT2D eigenvalue weighted by atomic mass is 10.1. The van der Waals surface area contributed by atoms with E-state index in [1.807, 2.05) is 6.08 Å². The third-order valence-corrected chi connectivity index (χ3v) is 3.46. The van der Waals surface area contributed by atoms with E-state index in [4.69, 9.17) is 5.73 Å². The summed E-state index contributed by atoms with van der Waals surface area (Å²) in [6.07, 6.45) is 2.93. The molecule has 62 valence electrons. The van der Waals surface area contributed by atoms with Crippen LogP contribution < -0.4 is 5.73 Å². The number of carbonyl (C=O) groups is 1. The molecule has 2 N–H and O–H groups in total. The highest BCUT2D eigenvalue weighted by Gasteiger charge is 2.23. The number of carbonyl (C=O) groups excluding carboxylic acids is 1. The zero-order chi connectivity index (χ0) is 8.43. The number of hydrogen-bond acceptors (Lipinski definition) is 2. The summed E-state index contributed by atoms with van der Waals surface area (Å²) in [5.74, 6) is 0.339. The maximum atomic E-state index is 10.7. The van der Waals surface area contributed by atoms with E-state index in [0.717, 1.165) is 11.3 Å². The summed E-state index contributed by atoms with van der Waals surface area (Å²) in [4.78, 5) is 11.4. The first-order valence-corrected chi connectivity index (χ1v) is 4.66. The molecule has 0 spiro atoms. The van der Waals surface area contributed by atoms with Crippen molar-refractivity contribution in [2.75, 3.05) is 0 Å². The predicted octanol–water partition coefficient (Wildman–Crippen LogP) is 1.52. The smallest absolute Gasteiger partial charge is 0.254 e. The second kappa shape index (κ2) is 3.30. The summed E-state index contributed by atoms with van der Waals surface area (Å²) in [5, 5.41) is 0.553. The summed E-state index contributed by atoms with van der Waals surface area (Å²) in [6, 6.07) is 0. The minimum Gasteiger partial charge on any atom is -0.365 e. The molecule has 1 aliphatic rings. The number of hydrogen-bond donors (Lipinski definition) is 1. The predicted molar refractivity (Wildman–Crippen MR) is 48.1 cm³/mol. The van der Waals surface area contributed by atoms with Crippen molar-refractivity contribution < 1.29 is 4.79 Å². The Labute approximate surface area is 71.2 Å². The number of primary amides is 1. The molecule has 0 fully saturated rings. The van der Waals surface area contributed by atoms with Crippen LogP contribution in [0.15, 0.2) is 11.0 Å². The zero-order valence-corrected chi connectivity index (χ0v) is 7.65. The van der Waals surface area contributed by atoms with Gasteiger partial charge in [-0.25, -0.2) is 0 Å². The van der Waals surface area contributed by atoms with Crippen molar-refractivity contribution in [3.05, 3.63) is 11.0 Å². The van der Waals surface area contributed by atoms with E-state index in [9.17, 15) is 4.79 Å². The maximum Gasteiger partial charge on any atom is 0.254 e. The second-order valence-corrected chi connectivity index (χ2v) is 4.35. The van der Waals surface area contributed by atoms with Crippen LogP contribution in [-0.2, 0) is 4.79 Å². The van der Waals surface area contributed by atoms with E-state index in [-0.39, 0.29) is 5.91 Å². The standard InChI is InChI=1S/C8H13NOS/c1-5(2)6-3-4-7(11-6)8(9)10/h4-6H,3H2,1-2H3,(H2,9,10). The largest absolute Gasteiger partial charge is 0.365 e. The Kier molecular flexibility index (Phi) is 2.60. The molecule has 0 bridgehead atoms. The molecule has 1 rings (SSSR count). The van der Waals surface area contributed by atoms with Gasteiger partial charge < -0.3 is 5.73 Å². The number of thioether (sulfide) groups is 1. The Morgan fingerprint density at radius 3 is 2.73 bits per heavy atom. The molecule has 1 unspecified atom stereocenters. The van der Waals surface area contributed by atoms with Crippen molar-refractivity contribution in [3.8, 4) is 0 Å². The van der Waals surface area contributed by atoms with E-state index < -0.39 is 0 Å². The van der Waals surface area contributed by atoms with E-state index in [1.54, 1.807) is 11.8 Å². The second-order valence-electron chi connectivity index (χ2n) is 3.07. The van der Waals surface area contributed by atoms with Gasteiger partial charge >= 0.3 is 0 Å². The molecular formula is C8H13NOS. The molecule has 11 heavy (non-hydrogen) atoms. The number of rotatable bonds is 2. The summed E-state index contributed by atoms with van der Waals surface area (Å²) < 4.78 is 0. The van der Waals surface area contributed by atoms with Gasteiger partial charge in [-0.15, -0.1) is 11.8 Å². The molecule has 0 radical (unpaired) electrons. The first-order chi connectivity index (χ1) is 5.11. The summed E-state index contributed by atoms with van der Waals surface area (Å²) >= 11 is 1.61. The fraction of sp³-hybridized carbons (Fsp3) is 0.625. The van der Waals surface area contributed by atoms with Crippen LogP contribution in [0, 0.1) is 5.92 Å². The zero-order valence-electron chi connectivity index (χ0n) is 6.83. The van der Waals surface area contributed by atoms with Crippen molar-refractivity contribution in [3.63, 3.8) is 0 Å². The maximum absolute atomic E-state index is 10.7. The van der Waals surface area contributed by atoms with Crippen LogP contribution in [0.2, 0.25) is 0 Å². The summed E-state index contributed by atoms with van der Waals surface area (Å²) in [6.45, 7) is 4.32. The molecule has 0 saturated carbocycles. The Balaban J connectivity index is 2.49. The van der Waals surface area contributed by atoms with Gasteiger partial charge in [-0.3, -0.25) is 4.79 Å². The lowest BCUT2D eigenvalue weighted by Gasteiger charge is -2.12. The highest BCUT2D eigenvalue weighted by atomic mass is 32.2. The highest BCUT2D eigenvalue weighted by Crippen LogP contribution is 2.35. The quantitative estimate of drug-likeness (QED) is 0.684. The first kappa shape index (κ1) is 8.65. The van der Waals surface area contributed by atoms with Crippen LogP contribution in [-0.4, -0.2) is 11.2 Å². The lowest BCUT2D eigenvalue weighted by molar-refractivity contribution is -0.113. The number of allylic oxidation sites excluding steroid dienone is 1. The molecule has 1 heterocycles. The molecular weight excluding hydrogens is 158 g/mol. The molecule has 0 aromatic heterocycles. The van der Waals surface area contributed by atoms with Crippen LogP contribution in [0.1, 0.15) is 20.3 Å². The van der Waals surface area contributed by atoms with E-state index in [2.05, 4.69) is 13.8 Å². The molecule has 0 aromatic carbocycles. The molecule has 3 heteroatoms. The Hall–Kier alpha value is -0.440. The van der Waals surface area contributed by atoms with Crippen molar-refractivity contribution in [1.82, 2.24) is 0 Å². The molecule has 1 aliphatic heterocycles. The van der Waals surface area contributed by atoms with E-state index >= 15 is 0 Å². The van der Waals surface area contributed by atoms with Gasteiger partial charge in [-0.05, 0) is 12.3 Å². The Bertz CT molecular complexity index is 198. The van der Waals surface area contributed by atoms with Crippen LogP contribution >= 0.6 is 11.8 Å².